The van der Waals surface area contributed by atoms with Crippen LogP contribution >= 0.6 is 0 Å². The second-order valence-electron chi connectivity index (χ2n) is 5.48. The molecule has 0 atom stereocenters. The van der Waals surface area contributed by atoms with Gasteiger partial charge in [0.15, 0.2) is 0 Å². The molecular formula is C17H20N6O2. The van der Waals surface area contributed by atoms with E-state index in [0.717, 1.165) is 37.6 Å². The molecule has 2 heterocycles. The molecule has 0 radical (unpaired) electrons. The average molecular weight is 340 g/mol. The summed E-state index contributed by atoms with van der Waals surface area (Å²) in [7, 11) is 3.07. The molecule has 1 aromatic carbocycles. The van der Waals surface area contributed by atoms with E-state index in [9.17, 15) is 5.26 Å². The zero-order valence-electron chi connectivity index (χ0n) is 14.2. The van der Waals surface area contributed by atoms with Crippen molar-refractivity contribution in [2.45, 2.75) is 0 Å². The third-order valence-electron chi connectivity index (χ3n) is 3.93. The first-order valence-corrected chi connectivity index (χ1v) is 7.97. The van der Waals surface area contributed by atoms with Crippen LogP contribution in [0.5, 0.6) is 11.8 Å². The highest BCUT2D eigenvalue weighted by atomic mass is 16.5. The van der Waals surface area contributed by atoms with Crippen LogP contribution in [0.4, 0.5) is 17.3 Å². The van der Waals surface area contributed by atoms with E-state index < -0.39 is 0 Å². The van der Waals surface area contributed by atoms with Crippen LogP contribution in [0.2, 0.25) is 0 Å². The van der Waals surface area contributed by atoms with Crippen LogP contribution in [0, 0.1) is 11.3 Å². The van der Waals surface area contributed by atoms with E-state index in [0.29, 0.717) is 23.3 Å². The summed E-state index contributed by atoms with van der Waals surface area (Å²) in [5.41, 5.74) is 2.35. The van der Waals surface area contributed by atoms with Crippen molar-refractivity contribution < 1.29 is 9.47 Å². The average Bonchev–Trinajstić information content (AvgIpc) is 2.68. The summed E-state index contributed by atoms with van der Waals surface area (Å²) in [5.74, 6) is 1.15. The lowest BCUT2D eigenvalue weighted by molar-refractivity contribution is 0.373. The molecule has 0 spiro atoms. The first-order chi connectivity index (χ1) is 12.2. The molecule has 0 saturated carbocycles. The molecule has 0 bridgehead atoms. The highest BCUT2D eigenvalue weighted by Crippen LogP contribution is 2.30. The van der Waals surface area contributed by atoms with Gasteiger partial charge < -0.3 is 25.0 Å². The maximum atomic E-state index is 9.22. The van der Waals surface area contributed by atoms with Gasteiger partial charge in [-0.1, -0.05) is 0 Å². The van der Waals surface area contributed by atoms with Gasteiger partial charge in [-0.15, -0.1) is 0 Å². The van der Waals surface area contributed by atoms with Crippen molar-refractivity contribution in [3.05, 3.63) is 29.8 Å². The lowest BCUT2D eigenvalue weighted by Crippen LogP contribution is -2.43. The van der Waals surface area contributed by atoms with Gasteiger partial charge in [0.25, 0.3) is 0 Å². The highest BCUT2D eigenvalue weighted by molar-refractivity contribution is 5.75. The monoisotopic (exact) mass is 340 g/mol. The van der Waals surface area contributed by atoms with E-state index >= 15 is 0 Å². The zero-order valence-corrected chi connectivity index (χ0v) is 14.2. The van der Waals surface area contributed by atoms with E-state index in [2.05, 4.69) is 31.6 Å². The van der Waals surface area contributed by atoms with E-state index in [4.69, 9.17) is 9.47 Å². The van der Waals surface area contributed by atoms with Gasteiger partial charge in [0.2, 0.25) is 17.7 Å². The van der Waals surface area contributed by atoms with Crippen molar-refractivity contribution in [1.82, 2.24) is 15.3 Å². The summed E-state index contributed by atoms with van der Waals surface area (Å²) < 4.78 is 10.4. The zero-order chi connectivity index (χ0) is 17.6. The minimum atomic E-state index is 0.350. The number of hydrogen-bond acceptors (Lipinski definition) is 8. The minimum absolute atomic E-state index is 0.350. The molecule has 3 rings (SSSR count). The highest BCUT2D eigenvalue weighted by Gasteiger charge is 2.16. The molecule has 25 heavy (non-hydrogen) atoms. The molecule has 8 heteroatoms. The molecule has 2 aromatic rings. The number of aromatic nitrogens is 2. The van der Waals surface area contributed by atoms with Gasteiger partial charge in [0.1, 0.15) is 0 Å². The molecule has 130 valence electrons. The fourth-order valence-electron chi connectivity index (χ4n) is 2.68. The normalized spacial score (nSPS) is 13.9. The maximum Gasteiger partial charge on any atom is 0.233 e. The molecule has 1 aliphatic heterocycles. The van der Waals surface area contributed by atoms with Gasteiger partial charge >= 0.3 is 0 Å². The Kier molecular flexibility index (Phi) is 5.16. The lowest BCUT2D eigenvalue weighted by Gasteiger charge is -2.31. The van der Waals surface area contributed by atoms with E-state index in [-0.39, 0.29) is 0 Å². The number of piperazine rings is 1. The summed E-state index contributed by atoms with van der Waals surface area (Å²) in [6, 6.07) is 9.33. The van der Waals surface area contributed by atoms with Crippen LogP contribution in [-0.4, -0.2) is 50.4 Å². The predicted octanol–water partition coefficient (Wildman–Crippen LogP) is 1.52. The summed E-state index contributed by atoms with van der Waals surface area (Å²) in [6.45, 7) is 3.62. The van der Waals surface area contributed by atoms with Gasteiger partial charge in [0.05, 0.1) is 43.3 Å². The summed E-state index contributed by atoms with van der Waals surface area (Å²) in [5, 5.41) is 15.8. The van der Waals surface area contributed by atoms with Crippen molar-refractivity contribution in [2.75, 3.05) is 50.6 Å². The molecule has 0 unspecified atom stereocenters. The number of nitrogens with one attached hydrogen (secondary N) is 2. The van der Waals surface area contributed by atoms with Gasteiger partial charge in [0, 0.05) is 26.2 Å². The Balaban J connectivity index is 1.96. The van der Waals surface area contributed by atoms with Crippen LogP contribution in [0.1, 0.15) is 5.56 Å². The lowest BCUT2D eigenvalue weighted by atomic mass is 10.1. The maximum absolute atomic E-state index is 9.22. The number of methoxy groups -OCH3 is 2. The molecule has 0 aliphatic carbocycles. The number of nitriles is 1. The number of hydrogen-bond donors (Lipinski definition) is 2. The van der Waals surface area contributed by atoms with Crippen LogP contribution in [0.3, 0.4) is 0 Å². The van der Waals surface area contributed by atoms with Gasteiger partial charge in [-0.05, 0) is 18.2 Å². The standard InChI is InChI=1S/C17H20N6O2/c1-24-15-10-16(25-2)22-17(21-15)20-13-9-12(11-18)3-4-14(13)23-7-5-19-6-8-23/h3-4,9-10,19H,5-8H2,1-2H3,(H,20,21,22). The SMILES string of the molecule is COc1cc(OC)nc(Nc2cc(C#N)ccc2N2CCNCC2)n1. The second kappa shape index (κ2) is 7.68. The Bertz CT molecular complexity index is 761. The Labute approximate surface area is 146 Å². The van der Waals surface area contributed by atoms with Gasteiger partial charge in [-0.25, -0.2) is 0 Å². The summed E-state index contributed by atoms with van der Waals surface area (Å²) >= 11 is 0. The smallest absolute Gasteiger partial charge is 0.233 e. The van der Waals surface area contributed by atoms with E-state index in [1.165, 1.54) is 14.2 Å². The quantitative estimate of drug-likeness (QED) is 0.846. The summed E-state index contributed by atoms with van der Waals surface area (Å²) in [6.07, 6.45) is 0. The topological polar surface area (TPSA) is 95.3 Å². The Morgan fingerprint density at radius 2 is 1.80 bits per heavy atom. The van der Waals surface area contributed by atoms with Crippen molar-refractivity contribution in [3.63, 3.8) is 0 Å². The van der Waals surface area contributed by atoms with Crippen molar-refractivity contribution in [2.24, 2.45) is 0 Å². The number of benzene rings is 1. The van der Waals surface area contributed by atoms with Crippen LogP contribution in [-0.2, 0) is 0 Å². The Morgan fingerprint density at radius 3 is 2.40 bits per heavy atom. The molecule has 1 saturated heterocycles. The number of rotatable bonds is 5. The van der Waals surface area contributed by atoms with Crippen molar-refractivity contribution in [1.29, 1.82) is 5.26 Å². The third kappa shape index (κ3) is 3.89. The van der Waals surface area contributed by atoms with E-state index in [1.54, 1.807) is 12.1 Å². The van der Waals surface area contributed by atoms with E-state index in [1.807, 2.05) is 12.1 Å². The van der Waals surface area contributed by atoms with Crippen molar-refractivity contribution in [3.8, 4) is 17.8 Å². The summed E-state index contributed by atoms with van der Waals surface area (Å²) in [4.78, 5) is 10.9. The van der Waals surface area contributed by atoms with Crippen LogP contribution in [0.15, 0.2) is 24.3 Å². The Morgan fingerprint density at radius 1 is 1.12 bits per heavy atom. The van der Waals surface area contributed by atoms with Gasteiger partial charge in [-0.2, -0.15) is 15.2 Å². The number of ether oxygens (including phenoxy) is 2. The molecule has 8 nitrogen and oxygen atoms in total. The molecule has 0 amide bonds. The molecular weight excluding hydrogens is 320 g/mol. The fraction of sp³-hybridized carbons (Fsp3) is 0.353. The molecule has 2 N–H and O–H groups in total. The largest absolute Gasteiger partial charge is 0.481 e. The van der Waals surface area contributed by atoms with Gasteiger partial charge in [-0.3, -0.25) is 0 Å². The predicted molar refractivity (Wildman–Crippen MR) is 94.7 cm³/mol. The Hall–Kier alpha value is -3.05. The fourth-order valence-corrected chi connectivity index (χ4v) is 2.68. The first kappa shape index (κ1) is 16.8. The number of nitrogens with zero attached hydrogens (tertiary/aromatic N) is 4. The second-order valence-corrected chi connectivity index (χ2v) is 5.48. The molecule has 1 fully saturated rings. The van der Waals surface area contributed by atoms with Crippen LogP contribution < -0.4 is 25.0 Å². The molecule has 1 aliphatic rings. The third-order valence-corrected chi connectivity index (χ3v) is 3.93. The number of anilines is 3. The van der Waals surface area contributed by atoms with Crippen molar-refractivity contribution >= 4 is 17.3 Å². The van der Waals surface area contributed by atoms with Crippen LogP contribution in [0.25, 0.3) is 0 Å². The minimum Gasteiger partial charge on any atom is -0.481 e. The first-order valence-electron chi connectivity index (χ1n) is 7.97. The molecule has 1 aromatic heterocycles.